The van der Waals surface area contributed by atoms with E-state index in [4.69, 9.17) is 19.2 Å². The van der Waals surface area contributed by atoms with Crippen LogP contribution in [0.5, 0.6) is 17.2 Å². The lowest BCUT2D eigenvalue weighted by atomic mass is 10.1. The molecule has 4 rings (SSSR count). The second-order valence-corrected chi connectivity index (χ2v) is 7.66. The number of benzene rings is 2. The fourth-order valence-corrected chi connectivity index (χ4v) is 4.14. The molecule has 7 nitrogen and oxygen atoms in total. The largest absolute Gasteiger partial charge is 0.497 e. The van der Waals surface area contributed by atoms with Crippen LogP contribution in [0.3, 0.4) is 0 Å². The highest BCUT2D eigenvalue weighted by molar-refractivity contribution is 7.22. The van der Waals surface area contributed by atoms with Crippen molar-refractivity contribution in [1.29, 1.82) is 0 Å². The van der Waals surface area contributed by atoms with Crippen molar-refractivity contribution in [3.8, 4) is 17.2 Å². The highest BCUT2D eigenvalue weighted by Gasteiger charge is 2.23. The molecule has 2 aromatic heterocycles. The number of aromatic nitrogens is 2. The van der Waals surface area contributed by atoms with E-state index in [1.54, 1.807) is 62.9 Å². The van der Waals surface area contributed by atoms with Gasteiger partial charge in [-0.1, -0.05) is 23.5 Å². The van der Waals surface area contributed by atoms with Gasteiger partial charge in [0.15, 0.2) is 16.6 Å². The molecule has 31 heavy (non-hydrogen) atoms. The van der Waals surface area contributed by atoms with Gasteiger partial charge in [-0.3, -0.25) is 14.7 Å². The van der Waals surface area contributed by atoms with E-state index in [-0.39, 0.29) is 5.91 Å². The van der Waals surface area contributed by atoms with E-state index in [1.807, 2.05) is 24.3 Å². The number of ether oxygens (including phenoxy) is 3. The Hall–Kier alpha value is -3.65. The predicted molar refractivity (Wildman–Crippen MR) is 120 cm³/mol. The molecule has 0 saturated carbocycles. The van der Waals surface area contributed by atoms with Gasteiger partial charge in [0, 0.05) is 30.1 Å². The van der Waals surface area contributed by atoms with Crippen molar-refractivity contribution in [3.63, 3.8) is 0 Å². The monoisotopic (exact) mass is 435 g/mol. The Balaban J connectivity index is 1.79. The van der Waals surface area contributed by atoms with Gasteiger partial charge in [0.2, 0.25) is 0 Å². The summed E-state index contributed by atoms with van der Waals surface area (Å²) in [5.74, 6) is 1.64. The molecular formula is C23H21N3O4S. The van der Waals surface area contributed by atoms with Crippen molar-refractivity contribution in [2.45, 2.75) is 6.54 Å². The van der Waals surface area contributed by atoms with Gasteiger partial charge in [-0.05, 0) is 29.8 Å². The van der Waals surface area contributed by atoms with Gasteiger partial charge < -0.3 is 14.2 Å². The molecule has 0 N–H and O–H groups in total. The topological polar surface area (TPSA) is 73.8 Å². The highest BCUT2D eigenvalue weighted by Crippen LogP contribution is 2.38. The summed E-state index contributed by atoms with van der Waals surface area (Å²) < 4.78 is 17.0. The first-order valence-corrected chi connectivity index (χ1v) is 10.3. The molecule has 1 amide bonds. The van der Waals surface area contributed by atoms with Crippen LogP contribution < -0.4 is 19.1 Å². The SMILES string of the molecule is COc1cccc(C(=O)N(Cc2cccnc2)c2nc3cc(OC)c(OC)cc3s2)c1. The number of nitrogens with zero attached hydrogens (tertiary/aromatic N) is 3. The third-order valence-corrected chi connectivity index (χ3v) is 5.78. The van der Waals surface area contributed by atoms with Crippen molar-refractivity contribution in [2.24, 2.45) is 0 Å². The predicted octanol–water partition coefficient (Wildman–Crippen LogP) is 4.56. The van der Waals surface area contributed by atoms with Gasteiger partial charge in [0.25, 0.3) is 5.91 Å². The molecule has 0 bridgehead atoms. The molecule has 0 unspecified atom stereocenters. The van der Waals surface area contributed by atoms with Crippen molar-refractivity contribution in [3.05, 3.63) is 72.1 Å². The number of carbonyl (C=O) groups is 1. The van der Waals surface area contributed by atoms with E-state index in [9.17, 15) is 4.79 Å². The molecule has 4 aromatic rings. The number of thiazole rings is 1. The molecule has 0 aliphatic rings. The molecule has 0 radical (unpaired) electrons. The second-order valence-electron chi connectivity index (χ2n) is 6.66. The average Bonchev–Trinajstić information content (AvgIpc) is 3.24. The van der Waals surface area contributed by atoms with Crippen molar-refractivity contribution in [1.82, 2.24) is 9.97 Å². The van der Waals surface area contributed by atoms with Gasteiger partial charge in [0.05, 0.1) is 38.1 Å². The average molecular weight is 436 g/mol. The Labute approximate surface area is 183 Å². The number of amides is 1. The smallest absolute Gasteiger partial charge is 0.260 e. The molecule has 2 heterocycles. The number of fused-ring (bicyclic) bond motifs is 1. The normalized spacial score (nSPS) is 10.7. The molecule has 158 valence electrons. The van der Waals surface area contributed by atoms with E-state index in [1.165, 1.54) is 11.3 Å². The Morgan fingerprint density at radius 3 is 2.52 bits per heavy atom. The Morgan fingerprint density at radius 1 is 1.00 bits per heavy atom. The summed E-state index contributed by atoms with van der Waals surface area (Å²) >= 11 is 1.41. The zero-order valence-corrected chi connectivity index (χ0v) is 18.2. The lowest BCUT2D eigenvalue weighted by Gasteiger charge is -2.20. The highest BCUT2D eigenvalue weighted by atomic mass is 32.1. The summed E-state index contributed by atoms with van der Waals surface area (Å²) in [5, 5.41) is 0.571. The number of hydrogen-bond donors (Lipinski definition) is 0. The number of hydrogen-bond acceptors (Lipinski definition) is 7. The fraction of sp³-hybridized carbons (Fsp3) is 0.174. The van der Waals surface area contributed by atoms with Gasteiger partial charge in [-0.15, -0.1) is 0 Å². The third kappa shape index (κ3) is 4.29. The maximum Gasteiger partial charge on any atom is 0.260 e. The maximum absolute atomic E-state index is 13.5. The quantitative estimate of drug-likeness (QED) is 0.424. The summed E-state index contributed by atoms with van der Waals surface area (Å²) in [4.78, 5) is 24.0. The number of carbonyl (C=O) groups excluding carboxylic acids is 1. The van der Waals surface area contributed by atoms with Crippen molar-refractivity contribution < 1.29 is 19.0 Å². The zero-order valence-electron chi connectivity index (χ0n) is 17.4. The minimum Gasteiger partial charge on any atom is -0.497 e. The first kappa shape index (κ1) is 20.6. The Bertz CT molecular complexity index is 1170. The van der Waals surface area contributed by atoms with Crippen LogP contribution in [-0.2, 0) is 6.54 Å². The molecule has 0 fully saturated rings. The molecule has 0 spiro atoms. The van der Waals surface area contributed by atoms with Crippen LogP contribution in [0.25, 0.3) is 10.2 Å². The molecule has 0 saturated heterocycles. The summed E-state index contributed by atoms with van der Waals surface area (Å²) in [6.45, 7) is 0.331. The molecule has 0 aliphatic carbocycles. The Morgan fingerprint density at radius 2 is 1.81 bits per heavy atom. The van der Waals surface area contributed by atoms with Crippen LogP contribution in [0, 0.1) is 0 Å². The first-order valence-electron chi connectivity index (χ1n) is 9.50. The van der Waals surface area contributed by atoms with Crippen LogP contribution in [0.4, 0.5) is 5.13 Å². The molecule has 0 atom stereocenters. The minimum atomic E-state index is -0.180. The van der Waals surface area contributed by atoms with Gasteiger partial charge >= 0.3 is 0 Å². The lowest BCUT2D eigenvalue weighted by Crippen LogP contribution is -2.30. The summed E-state index contributed by atoms with van der Waals surface area (Å²) in [5.41, 5.74) is 2.14. The van der Waals surface area contributed by atoms with Crippen LogP contribution in [0.15, 0.2) is 60.9 Å². The van der Waals surface area contributed by atoms with E-state index < -0.39 is 0 Å². The van der Waals surface area contributed by atoms with Crippen LogP contribution >= 0.6 is 11.3 Å². The Kier molecular flexibility index (Phi) is 5.99. The number of anilines is 1. The molecular weight excluding hydrogens is 414 g/mol. The number of rotatable bonds is 7. The van der Waals surface area contributed by atoms with Crippen molar-refractivity contribution >= 4 is 32.6 Å². The van der Waals surface area contributed by atoms with Crippen molar-refractivity contribution in [2.75, 3.05) is 26.2 Å². The fourth-order valence-electron chi connectivity index (χ4n) is 3.17. The molecule has 2 aromatic carbocycles. The number of pyridine rings is 1. The molecule has 8 heteroatoms. The minimum absolute atomic E-state index is 0.180. The van der Waals surface area contributed by atoms with Gasteiger partial charge in [-0.25, -0.2) is 4.98 Å². The summed E-state index contributed by atoms with van der Waals surface area (Å²) in [7, 11) is 4.75. The number of methoxy groups -OCH3 is 3. The summed E-state index contributed by atoms with van der Waals surface area (Å²) in [6.07, 6.45) is 3.44. The van der Waals surface area contributed by atoms with E-state index in [2.05, 4.69) is 4.98 Å². The van der Waals surface area contributed by atoms with Gasteiger partial charge in [-0.2, -0.15) is 0 Å². The lowest BCUT2D eigenvalue weighted by molar-refractivity contribution is 0.0985. The third-order valence-electron chi connectivity index (χ3n) is 4.74. The maximum atomic E-state index is 13.5. The van der Waals surface area contributed by atoms with Gasteiger partial charge in [0.1, 0.15) is 5.75 Å². The second kappa shape index (κ2) is 9.01. The van der Waals surface area contributed by atoms with Crippen LogP contribution in [0.2, 0.25) is 0 Å². The van der Waals surface area contributed by atoms with Crippen LogP contribution in [-0.4, -0.2) is 37.2 Å². The first-order chi connectivity index (χ1) is 15.1. The standard InChI is InChI=1S/C23H21N3O4S/c1-28-17-8-4-7-16(10-17)22(27)26(14-15-6-5-9-24-13-15)23-25-18-11-19(29-2)20(30-3)12-21(18)31-23/h4-13H,14H2,1-3H3. The van der Waals surface area contributed by atoms with Crippen LogP contribution in [0.1, 0.15) is 15.9 Å². The molecule has 0 aliphatic heterocycles. The van der Waals surface area contributed by atoms with E-state index >= 15 is 0 Å². The summed E-state index contributed by atoms with van der Waals surface area (Å²) in [6, 6.07) is 14.5. The zero-order chi connectivity index (χ0) is 21.8. The van der Waals surface area contributed by atoms with E-state index in [0.717, 1.165) is 15.8 Å². The van der Waals surface area contributed by atoms with E-state index in [0.29, 0.717) is 34.5 Å².